The number of benzene rings is 2. The highest BCUT2D eigenvalue weighted by Crippen LogP contribution is 2.24. The topological polar surface area (TPSA) is 66.8 Å². The van der Waals surface area contributed by atoms with E-state index in [0.29, 0.717) is 17.9 Å². The number of hydrogen-bond donors (Lipinski definition) is 2. The van der Waals surface area contributed by atoms with Gasteiger partial charge in [0.05, 0.1) is 0 Å². The number of rotatable bonds is 5. The van der Waals surface area contributed by atoms with Gasteiger partial charge in [0.1, 0.15) is 18.1 Å². The third-order valence-corrected chi connectivity index (χ3v) is 3.41. The van der Waals surface area contributed by atoms with Crippen LogP contribution in [-0.2, 0) is 11.4 Å². The van der Waals surface area contributed by atoms with E-state index in [0.717, 1.165) is 16.1 Å². The number of aromatic hydroxyl groups is 1. The summed E-state index contributed by atoms with van der Waals surface area (Å²) < 4.78 is 6.42. The second-order valence-electron chi connectivity index (χ2n) is 4.31. The Morgan fingerprint density at radius 3 is 2.76 bits per heavy atom. The first-order valence-electron chi connectivity index (χ1n) is 6.16. The van der Waals surface area contributed by atoms with Crippen molar-refractivity contribution in [3.63, 3.8) is 0 Å². The number of carbonyl (C=O) groups is 1. The van der Waals surface area contributed by atoms with Crippen molar-refractivity contribution in [3.8, 4) is 11.5 Å². The lowest BCUT2D eigenvalue weighted by atomic mass is 10.2. The van der Waals surface area contributed by atoms with Crippen LogP contribution in [-0.4, -0.2) is 16.2 Å². The summed E-state index contributed by atoms with van der Waals surface area (Å²) in [5.41, 5.74) is 1.56. The van der Waals surface area contributed by atoms with Gasteiger partial charge in [0.25, 0.3) is 0 Å². The maximum absolute atomic E-state index is 10.6. The molecule has 0 saturated carbocycles. The monoisotopic (exact) mass is 348 g/mol. The molecule has 21 heavy (non-hydrogen) atoms. The summed E-state index contributed by atoms with van der Waals surface area (Å²) in [6.07, 6.45) is 2.56. The summed E-state index contributed by atoms with van der Waals surface area (Å²) >= 11 is 3.35. The van der Waals surface area contributed by atoms with Gasteiger partial charge in [0.2, 0.25) is 0 Å². The molecule has 0 radical (unpaired) electrons. The summed E-state index contributed by atoms with van der Waals surface area (Å²) in [6.45, 7) is 0.318. The van der Waals surface area contributed by atoms with Gasteiger partial charge in [-0.05, 0) is 47.5 Å². The molecule has 2 rings (SSSR count). The molecule has 2 aromatic rings. The van der Waals surface area contributed by atoms with Crippen LogP contribution in [0.4, 0.5) is 0 Å². The quantitative estimate of drug-likeness (QED) is 0.805. The maximum Gasteiger partial charge on any atom is 0.328 e. The van der Waals surface area contributed by atoms with Gasteiger partial charge in [-0.1, -0.05) is 28.1 Å². The van der Waals surface area contributed by atoms with Gasteiger partial charge in [-0.15, -0.1) is 0 Å². The molecule has 4 nitrogen and oxygen atoms in total. The van der Waals surface area contributed by atoms with Crippen molar-refractivity contribution >= 4 is 28.0 Å². The molecule has 0 unspecified atom stereocenters. The molecule has 0 bridgehead atoms. The molecule has 2 N–H and O–H groups in total. The second-order valence-corrected chi connectivity index (χ2v) is 5.17. The Labute approximate surface area is 130 Å². The summed E-state index contributed by atoms with van der Waals surface area (Å²) in [6, 6.07) is 12.1. The number of ether oxygens (including phenoxy) is 1. The van der Waals surface area contributed by atoms with Gasteiger partial charge in [-0.2, -0.15) is 0 Å². The molecule has 0 spiro atoms. The minimum Gasteiger partial charge on any atom is -0.508 e. The average Bonchev–Trinajstić information content (AvgIpc) is 2.45. The van der Waals surface area contributed by atoms with Crippen LogP contribution in [0.5, 0.6) is 11.5 Å². The minimum atomic E-state index is -1.01. The Balaban J connectivity index is 2.10. The zero-order valence-corrected chi connectivity index (χ0v) is 12.6. The highest BCUT2D eigenvalue weighted by molar-refractivity contribution is 9.10. The fourth-order valence-electron chi connectivity index (χ4n) is 1.71. The number of aliphatic carboxylic acids is 1. The van der Waals surface area contributed by atoms with Gasteiger partial charge in [-0.3, -0.25) is 0 Å². The summed E-state index contributed by atoms with van der Waals surface area (Å²) in [4.78, 5) is 10.6. The fraction of sp³-hybridized carbons (Fsp3) is 0.0625. The number of carboxylic acids is 1. The van der Waals surface area contributed by atoms with E-state index >= 15 is 0 Å². The Hall–Kier alpha value is -2.27. The molecule has 0 aliphatic heterocycles. The van der Waals surface area contributed by atoms with Crippen LogP contribution in [0.1, 0.15) is 11.1 Å². The predicted molar refractivity (Wildman–Crippen MR) is 83.3 cm³/mol. The van der Waals surface area contributed by atoms with Gasteiger partial charge in [0.15, 0.2) is 0 Å². The van der Waals surface area contributed by atoms with E-state index in [4.69, 9.17) is 9.84 Å². The molecule has 108 valence electrons. The van der Waals surface area contributed by atoms with E-state index in [1.54, 1.807) is 36.4 Å². The molecule has 2 aromatic carbocycles. The smallest absolute Gasteiger partial charge is 0.328 e. The van der Waals surface area contributed by atoms with E-state index in [1.807, 2.05) is 6.07 Å². The molecule has 0 amide bonds. The Bertz CT molecular complexity index is 680. The highest BCUT2D eigenvalue weighted by atomic mass is 79.9. The lowest BCUT2D eigenvalue weighted by molar-refractivity contribution is -0.131. The number of phenolic OH excluding ortho intramolecular Hbond substituents is 1. The average molecular weight is 349 g/mol. The number of halogens is 1. The van der Waals surface area contributed by atoms with E-state index in [9.17, 15) is 9.90 Å². The highest BCUT2D eigenvalue weighted by Gasteiger charge is 2.02. The lowest BCUT2D eigenvalue weighted by Crippen LogP contribution is -1.95. The third-order valence-electron chi connectivity index (χ3n) is 2.69. The first kappa shape index (κ1) is 15.1. The van der Waals surface area contributed by atoms with E-state index in [-0.39, 0.29) is 5.75 Å². The van der Waals surface area contributed by atoms with E-state index < -0.39 is 5.97 Å². The molecule has 0 atom stereocenters. The van der Waals surface area contributed by atoms with Crippen LogP contribution >= 0.6 is 15.9 Å². The minimum absolute atomic E-state index is 0.192. The zero-order valence-electron chi connectivity index (χ0n) is 11.0. The van der Waals surface area contributed by atoms with Crippen molar-refractivity contribution in [3.05, 3.63) is 64.1 Å². The van der Waals surface area contributed by atoms with Crippen LogP contribution in [0.2, 0.25) is 0 Å². The molecular formula is C16H13BrO4. The van der Waals surface area contributed by atoms with E-state index in [2.05, 4.69) is 15.9 Å². The standard InChI is InChI=1S/C16H13BrO4/c17-15-6-5-14(9-12(15)4-7-16(19)20)21-10-11-2-1-3-13(18)8-11/h1-9,18H,10H2,(H,19,20)/b7-4+. The summed E-state index contributed by atoms with van der Waals surface area (Å²) in [5, 5.41) is 18.0. The number of phenols is 1. The van der Waals surface area contributed by atoms with Crippen molar-refractivity contribution in [2.24, 2.45) is 0 Å². The summed E-state index contributed by atoms with van der Waals surface area (Å²) in [7, 11) is 0. The molecule has 5 heteroatoms. The molecule has 0 aliphatic rings. The number of carboxylic acid groups (broad SMARTS) is 1. The molecule has 0 heterocycles. The fourth-order valence-corrected chi connectivity index (χ4v) is 2.09. The van der Waals surface area contributed by atoms with Crippen LogP contribution in [0.3, 0.4) is 0 Å². The van der Waals surface area contributed by atoms with Crippen LogP contribution in [0.25, 0.3) is 6.08 Å². The largest absolute Gasteiger partial charge is 0.508 e. The van der Waals surface area contributed by atoms with Gasteiger partial charge in [-0.25, -0.2) is 4.79 Å². The van der Waals surface area contributed by atoms with Crippen LogP contribution in [0, 0.1) is 0 Å². The number of hydrogen-bond acceptors (Lipinski definition) is 3. The third kappa shape index (κ3) is 4.65. The molecule has 0 saturated heterocycles. The Kier molecular flexibility index (Phi) is 5.00. The molecule has 0 fully saturated rings. The van der Waals surface area contributed by atoms with Gasteiger partial charge in [0, 0.05) is 10.5 Å². The SMILES string of the molecule is O=C(O)/C=C/c1cc(OCc2cccc(O)c2)ccc1Br. The molecule has 0 aromatic heterocycles. The van der Waals surface area contributed by atoms with E-state index in [1.165, 1.54) is 6.08 Å². The predicted octanol–water partition coefficient (Wildman–Crippen LogP) is 3.83. The van der Waals surface area contributed by atoms with Crippen molar-refractivity contribution in [2.75, 3.05) is 0 Å². The van der Waals surface area contributed by atoms with Gasteiger partial charge >= 0.3 is 5.97 Å². The van der Waals surface area contributed by atoms with Crippen LogP contribution in [0.15, 0.2) is 53.0 Å². The first-order valence-corrected chi connectivity index (χ1v) is 6.95. The lowest BCUT2D eigenvalue weighted by Gasteiger charge is -2.08. The molecule has 0 aliphatic carbocycles. The Morgan fingerprint density at radius 1 is 1.24 bits per heavy atom. The van der Waals surface area contributed by atoms with Crippen molar-refractivity contribution in [1.29, 1.82) is 0 Å². The summed E-state index contributed by atoms with van der Waals surface area (Å²) in [5.74, 6) is -0.198. The van der Waals surface area contributed by atoms with Crippen molar-refractivity contribution < 1.29 is 19.7 Å². The van der Waals surface area contributed by atoms with Crippen molar-refractivity contribution in [1.82, 2.24) is 0 Å². The normalized spacial score (nSPS) is 10.7. The first-order chi connectivity index (χ1) is 10.0. The second kappa shape index (κ2) is 6.95. The zero-order chi connectivity index (χ0) is 15.2. The van der Waals surface area contributed by atoms with Gasteiger partial charge < -0.3 is 14.9 Å². The molecular weight excluding hydrogens is 336 g/mol. The van der Waals surface area contributed by atoms with Crippen LogP contribution < -0.4 is 4.74 Å². The van der Waals surface area contributed by atoms with Crippen molar-refractivity contribution in [2.45, 2.75) is 6.61 Å². The maximum atomic E-state index is 10.6. The Morgan fingerprint density at radius 2 is 2.05 bits per heavy atom.